The number of nitrogens with one attached hydrogen (secondary N) is 1. The van der Waals surface area contributed by atoms with Crippen LogP contribution in [0.1, 0.15) is 16.7 Å². The number of carbonyl (C=O) groups is 1. The fraction of sp³-hybridized carbons (Fsp3) is 0.0833. The molecule has 1 N–H and O–H groups in total. The second kappa shape index (κ2) is 10.4. The van der Waals surface area contributed by atoms with Crippen molar-refractivity contribution in [3.05, 3.63) is 102 Å². The first-order valence-electron chi connectivity index (χ1n) is 10.0. The van der Waals surface area contributed by atoms with Crippen molar-refractivity contribution in [1.82, 2.24) is 5.32 Å². The van der Waals surface area contributed by atoms with Gasteiger partial charge >= 0.3 is 0 Å². The number of amidine groups is 1. The van der Waals surface area contributed by atoms with Crippen LogP contribution in [-0.4, -0.2) is 16.0 Å². The molecule has 34 heavy (non-hydrogen) atoms. The zero-order valence-electron chi connectivity index (χ0n) is 17.7. The molecule has 1 amide bonds. The van der Waals surface area contributed by atoms with Gasteiger partial charge in [0.05, 0.1) is 20.0 Å². The number of benzene rings is 3. The molecule has 7 nitrogen and oxygen atoms in total. The molecule has 0 radical (unpaired) electrons. The number of nitro benzene ring substituents is 1. The Morgan fingerprint density at radius 3 is 2.76 bits per heavy atom. The van der Waals surface area contributed by atoms with Gasteiger partial charge < -0.3 is 10.1 Å². The van der Waals surface area contributed by atoms with Gasteiger partial charge in [0.15, 0.2) is 5.17 Å². The van der Waals surface area contributed by atoms with Crippen LogP contribution in [0, 0.1) is 17.0 Å². The number of halogens is 2. The molecule has 4 rings (SSSR count). The van der Waals surface area contributed by atoms with Gasteiger partial charge in [0, 0.05) is 17.2 Å². The normalized spacial score (nSPS) is 15.6. The fourth-order valence-electron chi connectivity index (χ4n) is 3.10. The van der Waals surface area contributed by atoms with Crippen LogP contribution in [0.15, 0.2) is 75.0 Å². The van der Waals surface area contributed by atoms with E-state index in [0.29, 0.717) is 36.6 Å². The summed E-state index contributed by atoms with van der Waals surface area (Å²) in [6.45, 7) is 2.06. The van der Waals surface area contributed by atoms with Gasteiger partial charge in [-0.25, -0.2) is 4.99 Å². The maximum atomic E-state index is 12.4. The summed E-state index contributed by atoms with van der Waals surface area (Å²) in [5.41, 5.74) is 3.04. The van der Waals surface area contributed by atoms with E-state index in [-0.39, 0.29) is 18.2 Å². The van der Waals surface area contributed by atoms with E-state index < -0.39 is 4.92 Å². The Morgan fingerprint density at radius 1 is 1.21 bits per heavy atom. The maximum Gasteiger partial charge on any atom is 0.269 e. The third-order valence-corrected chi connectivity index (χ3v) is 6.82. The number of hydrogen-bond acceptors (Lipinski definition) is 6. The first kappa shape index (κ1) is 24.0. The van der Waals surface area contributed by atoms with Gasteiger partial charge in [-0.05, 0) is 81.6 Å². The summed E-state index contributed by atoms with van der Waals surface area (Å²) in [5, 5.41) is 14.8. The molecule has 1 fully saturated rings. The van der Waals surface area contributed by atoms with Gasteiger partial charge in [-0.2, -0.15) is 0 Å². The van der Waals surface area contributed by atoms with Crippen molar-refractivity contribution in [3.8, 4) is 5.75 Å². The van der Waals surface area contributed by atoms with Crippen LogP contribution < -0.4 is 10.1 Å². The highest BCUT2D eigenvalue weighted by Crippen LogP contribution is 2.33. The Morgan fingerprint density at radius 2 is 2.00 bits per heavy atom. The molecule has 1 saturated heterocycles. The van der Waals surface area contributed by atoms with Gasteiger partial charge in [0.1, 0.15) is 12.4 Å². The molecule has 3 aromatic rings. The number of aliphatic imine (C=N–C) groups is 1. The Labute approximate surface area is 213 Å². The van der Waals surface area contributed by atoms with Crippen LogP contribution in [0.25, 0.3) is 6.08 Å². The van der Waals surface area contributed by atoms with E-state index in [0.717, 1.165) is 11.1 Å². The molecule has 0 unspecified atom stereocenters. The highest BCUT2D eigenvalue weighted by molar-refractivity contribution is 9.10. The number of hydrogen-bond donors (Lipinski definition) is 1. The topological polar surface area (TPSA) is 93.8 Å². The lowest BCUT2D eigenvalue weighted by Gasteiger charge is -2.09. The molecular formula is C24H17BrClN3O4S. The van der Waals surface area contributed by atoms with Crippen molar-refractivity contribution in [1.29, 1.82) is 0 Å². The van der Waals surface area contributed by atoms with Crippen molar-refractivity contribution >= 4 is 67.8 Å². The predicted octanol–water partition coefficient (Wildman–Crippen LogP) is 6.79. The van der Waals surface area contributed by atoms with Crippen LogP contribution in [0.3, 0.4) is 0 Å². The Hall–Kier alpha value is -3.14. The maximum absolute atomic E-state index is 12.4. The average molecular weight is 559 g/mol. The summed E-state index contributed by atoms with van der Waals surface area (Å²) in [6, 6.07) is 17.2. The highest BCUT2D eigenvalue weighted by Gasteiger charge is 2.24. The summed E-state index contributed by atoms with van der Waals surface area (Å²) in [4.78, 5) is 27.9. The number of rotatable bonds is 6. The molecule has 172 valence electrons. The minimum atomic E-state index is -0.439. The fourth-order valence-corrected chi connectivity index (χ4v) is 4.62. The molecule has 1 aliphatic heterocycles. The molecule has 0 spiro atoms. The summed E-state index contributed by atoms with van der Waals surface area (Å²) < 4.78 is 6.50. The number of nitrogens with zero attached hydrogens (tertiary/aromatic N) is 2. The van der Waals surface area contributed by atoms with Crippen molar-refractivity contribution in [2.24, 2.45) is 4.99 Å². The van der Waals surface area contributed by atoms with Crippen LogP contribution in [0.5, 0.6) is 5.75 Å². The van der Waals surface area contributed by atoms with E-state index in [2.05, 4.69) is 26.2 Å². The molecule has 1 heterocycles. The number of thioether (sulfide) groups is 1. The predicted molar refractivity (Wildman–Crippen MR) is 139 cm³/mol. The summed E-state index contributed by atoms with van der Waals surface area (Å²) >= 11 is 10.9. The molecule has 10 heteroatoms. The lowest BCUT2D eigenvalue weighted by molar-refractivity contribution is -0.384. The highest BCUT2D eigenvalue weighted by atomic mass is 79.9. The second-order valence-electron chi connectivity index (χ2n) is 7.27. The summed E-state index contributed by atoms with van der Waals surface area (Å²) in [7, 11) is 0. The Balaban J connectivity index is 1.46. The Bertz CT molecular complexity index is 1360. The lowest BCUT2D eigenvalue weighted by Crippen LogP contribution is -2.19. The van der Waals surface area contributed by atoms with Crippen LogP contribution in [0.4, 0.5) is 11.4 Å². The van der Waals surface area contributed by atoms with Crippen molar-refractivity contribution in [2.75, 3.05) is 0 Å². The van der Waals surface area contributed by atoms with E-state index in [4.69, 9.17) is 16.3 Å². The van der Waals surface area contributed by atoms with Gasteiger partial charge in [0.2, 0.25) is 0 Å². The summed E-state index contributed by atoms with van der Waals surface area (Å²) in [6.07, 6.45) is 1.77. The van der Waals surface area contributed by atoms with Crippen LogP contribution in [0.2, 0.25) is 5.02 Å². The number of ether oxygens (including phenoxy) is 1. The standard InChI is InChI=1S/C24H17BrClN3O4S/c1-14-19(26)6-3-7-20(14)27-24-28-23(30)22(34-24)12-15-8-9-21(18(25)11-15)33-13-16-4-2-5-17(10-16)29(31)32/h2-12H,13H2,1H3,(H,27,28,30)/b22-12+. The third kappa shape index (κ3) is 5.67. The SMILES string of the molecule is Cc1c(Cl)cccc1N=C1NC(=O)/C(=C\c2ccc(OCc3cccc([N+](=O)[O-])c3)c(Br)c2)S1. The minimum absolute atomic E-state index is 0.0166. The number of nitro groups is 1. The van der Waals surface area contributed by atoms with Crippen molar-refractivity contribution in [2.45, 2.75) is 13.5 Å². The minimum Gasteiger partial charge on any atom is -0.488 e. The van der Waals surface area contributed by atoms with Gasteiger partial charge in [0.25, 0.3) is 11.6 Å². The smallest absolute Gasteiger partial charge is 0.269 e. The zero-order chi connectivity index (χ0) is 24.2. The van der Waals surface area contributed by atoms with E-state index >= 15 is 0 Å². The van der Waals surface area contributed by atoms with Crippen LogP contribution in [-0.2, 0) is 11.4 Å². The lowest BCUT2D eigenvalue weighted by atomic mass is 10.2. The zero-order valence-corrected chi connectivity index (χ0v) is 20.9. The van der Waals surface area contributed by atoms with E-state index in [1.165, 1.54) is 23.9 Å². The molecular weight excluding hydrogens is 542 g/mol. The number of amides is 1. The molecule has 0 bridgehead atoms. The summed E-state index contributed by atoms with van der Waals surface area (Å²) in [5.74, 6) is 0.349. The molecule has 0 aliphatic carbocycles. The van der Waals surface area contributed by atoms with Gasteiger partial charge in [-0.3, -0.25) is 14.9 Å². The van der Waals surface area contributed by atoms with Crippen molar-refractivity contribution < 1.29 is 14.5 Å². The number of carbonyl (C=O) groups excluding carboxylic acids is 1. The third-order valence-electron chi connectivity index (χ3n) is 4.88. The van der Waals surface area contributed by atoms with Crippen LogP contribution >= 0.6 is 39.3 Å². The van der Waals surface area contributed by atoms with Gasteiger partial charge in [-0.15, -0.1) is 0 Å². The van der Waals surface area contributed by atoms with E-state index in [1.807, 2.05) is 31.2 Å². The quantitative estimate of drug-likeness (QED) is 0.204. The van der Waals surface area contributed by atoms with E-state index in [9.17, 15) is 14.9 Å². The molecule has 0 aromatic heterocycles. The molecule has 0 saturated carbocycles. The van der Waals surface area contributed by atoms with Gasteiger partial charge in [-0.1, -0.05) is 35.9 Å². The molecule has 0 atom stereocenters. The first-order valence-corrected chi connectivity index (χ1v) is 12.0. The molecule has 1 aliphatic rings. The monoisotopic (exact) mass is 557 g/mol. The van der Waals surface area contributed by atoms with E-state index in [1.54, 1.807) is 30.3 Å². The first-order chi connectivity index (χ1) is 16.3. The average Bonchev–Trinajstić information content (AvgIpc) is 3.15. The van der Waals surface area contributed by atoms with Crippen molar-refractivity contribution in [3.63, 3.8) is 0 Å². The number of non-ortho nitro benzene ring substituents is 1. The second-order valence-corrected chi connectivity index (χ2v) is 9.56. The largest absolute Gasteiger partial charge is 0.488 e. The Kier molecular flexibility index (Phi) is 7.35. The molecule has 3 aromatic carbocycles.